The lowest BCUT2D eigenvalue weighted by Gasteiger charge is -2.27. The highest BCUT2D eigenvalue weighted by Crippen LogP contribution is 2.29. The van der Waals surface area contributed by atoms with E-state index in [2.05, 4.69) is 0 Å². The van der Waals surface area contributed by atoms with Crippen LogP contribution in [-0.2, 0) is 5.60 Å². The van der Waals surface area contributed by atoms with Gasteiger partial charge in [-0.1, -0.05) is 30.3 Å². The Labute approximate surface area is 98.3 Å². The van der Waals surface area contributed by atoms with Crippen LogP contribution < -0.4 is 5.73 Å². The molecule has 0 radical (unpaired) electrons. The van der Waals surface area contributed by atoms with E-state index in [9.17, 15) is 18.3 Å². The summed E-state index contributed by atoms with van der Waals surface area (Å²) in [5.41, 5.74) is 4.65. The zero-order valence-corrected chi connectivity index (χ0v) is 9.37. The van der Waals surface area contributed by atoms with Crippen molar-refractivity contribution in [2.24, 2.45) is 5.73 Å². The first-order valence-corrected chi connectivity index (χ1v) is 5.42. The minimum atomic E-state index is -4.19. The van der Waals surface area contributed by atoms with E-state index in [0.717, 1.165) is 0 Å². The Morgan fingerprint density at radius 2 is 1.65 bits per heavy atom. The number of alkyl halides is 3. The second-order valence-electron chi connectivity index (χ2n) is 4.07. The molecule has 0 aliphatic heterocycles. The van der Waals surface area contributed by atoms with Crippen LogP contribution in [0.2, 0.25) is 0 Å². The molecule has 0 saturated heterocycles. The van der Waals surface area contributed by atoms with Gasteiger partial charge in [0.2, 0.25) is 0 Å². The van der Waals surface area contributed by atoms with Crippen LogP contribution in [0.15, 0.2) is 30.3 Å². The van der Waals surface area contributed by atoms with E-state index in [1.807, 2.05) is 0 Å². The molecular weight excluding hydrogens is 231 g/mol. The third-order valence-corrected chi connectivity index (χ3v) is 2.70. The van der Waals surface area contributed by atoms with Crippen molar-refractivity contribution in [1.29, 1.82) is 0 Å². The SMILES string of the molecule is NCC(O)(CCCC(F)(F)F)c1ccccc1. The normalized spacial score (nSPS) is 15.6. The number of nitrogens with two attached hydrogens (primary N) is 1. The summed E-state index contributed by atoms with van der Waals surface area (Å²) in [5, 5.41) is 10.2. The van der Waals surface area contributed by atoms with Gasteiger partial charge in [0.25, 0.3) is 0 Å². The van der Waals surface area contributed by atoms with E-state index in [0.29, 0.717) is 5.56 Å². The molecule has 1 unspecified atom stereocenters. The summed E-state index contributed by atoms with van der Waals surface area (Å²) >= 11 is 0. The molecule has 1 rings (SSSR count). The predicted molar refractivity (Wildman–Crippen MR) is 59.3 cm³/mol. The van der Waals surface area contributed by atoms with Gasteiger partial charge in [0.05, 0.1) is 0 Å². The van der Waals surface area contributed by atoms with Crippen molar-refractivity contribution in [2.45, 2.75) is 31.0 Å². The fourth-order valence-corrected chi connectivity index (χ4v) is 1.69. The fraction of sp³-hybridized carbons (Fsp3) is 0.500. The maximum Gasteiger partial charge on any atom is 0.389 e. The van der Waals surface area contributed by atoms with Crippen molar-refractivity contribution in [3.63, 3.8) is 0 Å². The van der Waals surface area contributed by atoms with Gasteiger partial charge in [-0.2, -0.15) is 13.2 Å². The molecule has 1 aromatic rings. The van der Waals surface area contributed by atoms with Crippen LogP contribution in [0.5, 0.6) is 0 Å². The third-order valence-electron chi connectivity index (χ3n) is 2.70. The third kappa shape index (κ3) is 4.36. The highest BCUT2D eigenvalue weighted by molar-refractivity contribution is 5.22. The summed E-state index contributed by atoms with van der Waals surface area (Å²) in [7, 11) is 0. The molecule has 0 amide bonds. The largest absolute Gasteiger partial charge is 0.389 e. The van der Waals surface area contributed by atoms with E-state index in [1.54, 1.807) is 30.3 Å². The van der Waals surface area contributed by atoms with E-state index >= 15 is 0 Å². The maximum atomic E-state index is 12.0. The zero-order chi connectivity index (χ0) is 12.9. The standard InChI is InChI=1S/C12H16F3NO/c13-12(14,15)8-4-7-11(17,9-16)10-5-2-1-3-6-10/h1-3,5-6,17H,4,7-9,16H2. The number of aliphatic hydroxyl groups is 1. The Hall–Kier alpha value is -1.07. The summed E-state index contributed by atoms with van der Waals surface area (Å²) in [6.07, 6.45) is -5.21. The van der Waals surface area contributed by atoms with Gasteiger partial charge in [-0.05, 0) is 18.4 Å². The highest BCUT2D eigenvalue weighted by atomic mass is 19.4. The summed E-state index contributed by atoms with van der Waals surface area (Å²) < 4.78 is 36.1. The molecule has 5 heteroatoms. The molecular formula is C12H16F3NO. The van der Waals surface area contributed by atoms with Crippen LogP contribution in [-0.4, -0.2) is 17.8 Å². The van der Waals surface area contributed by atoms with Crippen molar-refractivity contribution in [3.8, 4) is 0 Å². The lowest BCUT2D eigenvalue weighted by molar-refractivity contribution is -0.138. The first-order valence-electron chi connectivity index (χ1n) is 5.42. The van der Waals surface area contributed by atoms with Crippen molar-refractivity contribution >= 4 is 0 Å². The molecule has 1 aromatic carbocycles. The van der Waals surface area contributed by atoms with Crippen molar-refractivity contribution in [2.75, 3.05) is 6.54 Å². The second-order valence-corrected chi connectivity index (χ2v) is 4.07. The first-order chi connectivity index (χ1) is 7.87. The van der Waals surface area contributed by atoms with Crippen LogP contribution in [0.3, 0.4) is 0 Å². The highest BCUT2D eigenvalue weighted by Gasteiger charge is 2.31. The summed E-state index contributed by atoms with van der Waals surface area (Å²) in [6.45, 7) is -0.0884. The molecule has 1 atom stereocenters. The van der Waals surface area contributed by atoms with Gasteiger partial charge >= 0.3 is 6.18 Å². The molecule has 2 nitrogen and oxygen atoms in total. The number of hydrogen-bond donors (Lipinski definition) is 2. The van der Waals surface area contributed by atoms with Gasteiger partial charge in [0.1, 0.15) is 5.60 Å². The Bertz CT molecular complexity index is 339. The molecule has 0 bridgehead atoms. The molecule has 0 aromatic heterocycles. The minimum Gasteiger partial charge on any atom is -0.384 e. The lowest BCUT2D eigenvalue weighted by Crippen LogP contribution is -2.35. The monoisotopic (exact) mass is 247 g/mol. The average Bonchev–Trinajstić information content (AvgIpc) is 2.28. The lowest BCUT2D eigenvalue weighted by atomic mass is 9.88. The summed E-state index contributed by atoms with van der Waals surface area (Å²) in [6, 6.07) is 8.55. The zero-order valence-electron chi connectivity index (χ0n) is 9.37. The Morgan fingerprint density at radius 1 is 1.06 bits per heavy atom. The molecule has 0 aliphatic rings. The summed E-state index contributed by atoms with van der Waals surface area (Å²) in [4.78, 5) is 0. The smallest absolute Gasteiger partial charge is 0.384 e. The second kappa shape index (κ2) is 5.51. The van der Waals surface area contributed by atoms with E-state index in [1.165, 1.54) is 0 Å². The van der Waals surface area contributed by atoms with Gasteiger partial charge in [-0.15, -0.1) is 0 Å². The Balaban J connectivity index is 2.64. The average molecular weight is 247 g/mol. The molecule has 96 valence electrons. The predicted octanol–water partition coefficient (Wildman–Crippen LogP) is 2.57. The van der Waals surface area contributed by atoms with Gasteiger partial charge in [0.15, 0.2) is 0 Å². The van der Waals surface area contributed by atoms with Gasteiger partial charge in [-0.3, -0.25) is 0 Å². The van der Waals surface area contributed by atoms with Crippen LogP contribution >= 0.6 is 0 Å². The minimum absolute atomic E-state index is 0.00697. The Kier molecular flexibility index (Phi) is 4.54. The fourth-order valence-electron chi connectivity index (χ4n) is 1.69. The number of hydrogen-bond acceptors (Lipinski definition) is 2. The van der Waals surface area contributed by atoms with Gasteiger partial charge in [-0.25, -0.2) is 0 Å². The van der Waals surface area contributed by atoms with Crippen LogP contribution in [0.1, 0.15) is 24.8 Å². The summed E-state index contributed by atoms with van der Waals surface area (Å²) in [5.74, 6) is 0. The van der Waals surface area contributed by atoms with E-state index in [-0.39, 0.29) is 19.4 Å². The quantitative estimate of drug-likeness (QED) is 0.840. The first kappa shape index (κ1) is 14.0. The number of halogens is 3. The molecule has 0 heterocycles. The maximum absolute atomic E-state index is 12.0. The van der Waals surface area contributed by atoms with Gasteiger partial charge < -0.3 is 10.8 Å². The number of rotatable bonds is 5. The van der Waals surface area contributed by atoms with Crippen molar-refractivity contribution in [1.82, 2.24) is 0 Å². The molecule has 17 heavy (non-hydrogen) atoms. The molecule has 0 fully saturated rings. The molecule has 0 spiro atoms. The Morgan fingerprint density at radius 3 is 2.12 bits per heavy atom. The van der Waals surface area contributed by atoms with Crippen LogP contribution in [0, 0.1) is 0 Å². The molecule has 0 saturated carbocycles. The van der Waals surface area contributed by atoms with Crippen LogP contribution in [0.25, 0.3) is 0 Å². The topological polar surface area (TPSA) is 46.2 Å². The van der Waals surface area contributed by atoms with E-state index < -0.39 is 18.2 Å². The van der Waals surface area contributed by atoms with Gasteiger partial charge in [0, 0.05) is 13.0 Å². The molecule has 3 N–H and O–H groups in total. The van der Waals surface area contributed by atoms with Crippen LogP contribution in [0.4, 0.5) is 13.2 Å². The van der Waals surface area contributed by atoms with Crippen molar-refractivity contribution in [3.05, 3.63) is 35.9 Å². The number of benzene rings is 1. The van der Waals surface area contributed by atoms with Crippen molar-refractivity contribution < 1.29 is 18.3 Å². The molecule has 0 aliphatic carbocycles. The van der Waals surface area contributed by atoms with E-state index in [4.69, 9.17) is 5.73 Å².